The van der Waals surface area contributed by atoms with Gasteiger partial charge in [0.1, 0.15) is 23.8 Å². The number of hydrogen-bond donors (Lipinski definition) is 3. The van der Waals surface area contributed by atoms with E-state index in [0.717, 1.165) is 17.4 Å². The van der Waals surface area contributed by atoms with Gasteiger partial charge in [0, 0.05) is 19.3 Å². The third kappa shape index (κ3) is 7.64. The van der Waals surface area contributed by atoms with E-state index in [4.69, 9.17) is 25.3 Å². The topological polar surface area (TPSA) is 142 Å². The van der Waals surface area contributed by atoms with Crippen molar-refractivity contribution in [3.63, 3.8) is 0 Å². The molecule has 3 aromatic heterocycles. The highest BCUT2D eigenvalue weighted by molar-refractivity contribution is 5.90. The van der Waals surface area contributed by atoms with E-state index in [-0.39, 0.29) is 18.7 Å². The molecule has 4 aromatic rings. The zero-order chi connectivity index (χ0) is 27.8. The van der Waals surface area contributed by atoms with Crippen LogP contribution in [0.15, 0.2) is 54.7 Å². The summed E-state index contributed by atoms with van der Waals surface area (Å²) in [5, 5.41) is 11.8. The predicted octanol–water partition coefficient (Wildman–Crippen LogP) is 4.92. The fourth-order valence-electron chi connectivity index (χ4n) is 4.01. The van der Waals surface area contributed by atoms with Gasteiger partial charge in [0.15, 0.2) is 5.65 Å². The third-order valence-electron chi connectivity index (χ3n) is 5.69. The van der Waals surface area contributed by atoms with Gasteiger partial charge in [-0.2, -0.15) is 10.1 Å². The zero-order valence-electron chi connectivity index (χ0n) is 22.8. The molecule has 11 nitrogen and oxygen atoms in total. The Morgan fingerprint density at radius 1 is 1.10 bits per heavy atom. The number of aromatic nitrogens is 5. The van der Waals surface area contributed by atoms with Gasteiger partial charge >= 0.3 is 6.09 Å². The number of nitrogen functional groups attached to an aromatic ring is 1. The number of nitrogens with zero attached hydrogens (tertiary/aromatic N) is 5. The van der Waals surface area contributed by atoms with Crippen molar-refractivity contribution in [2.75, 3.05) is 24.2 Å². The average Bonchev–Trinajstić information content (AvgIpc) is 3.25. The summed E-state index contributed by atoms with van der Waals surface area (Å²) in [4.78, 5) is 25.6. The smallest absolute Gasteiger partial charge is 0.407 e. The lowest BCUT2D eigenvalue weighted by molar-refractivity contribution is 0.0526. The molecule has 1 aromatic carbocycles. The van der Waals surface area contributed by atoms with Gasteiger partial charge in [-0.05, 0) is 51.3 Å². The van der Waals surface area contributed by atoms with E-state index < -0.39 is 11.7 Å². The fourth-order valence-corrected chi connectivity index (χ4v) is 4.01. The number of carbonyl (C=O) groups excluding carboxylic acids is 1. The summed E-state index contributed by atoms with van der Waals surface area (Å²) in [5.41, 5.74) is 8.25. The van der Waals surface area contributed by atoms with Crippen molar-refractivity contribution in [3.8, 4) is 11.4 Å². The van der Waals surface area contributed by atoms with Crippen LogP contribution >= 0.6 is 0 Å². The summed E-state index contributed by atoms with van der Waals surface area (Å²) < 4.78 is 12.7. The number of benzene rings is 1. The quantitative estimate of drug-likeness (QED) is 0.229. The Balaban J connectivity index is 1.56. The molecule has 0 aliphatic carbocycles. The van der Waals surface area contributed by atoms with Crippen LogP contribution in [-0.4, -0.2) is 49.6 Å². The number of fused-ring (bicyclic) bond motifs is 1. The molecule has 3 heterocycles. The molecule has 1 amide bonds. The fraction of sp³-hybridized carbons (Fsp3) is 0.393. The van der Waals surface area contributed by atoms with Crippen LogP contribution in [0, 0.1) is 0 Å². The van der Waals surface area contributed by atoms with Gasteiger partial charge in [-0.15, -0.1) is 0 Å². The summed E-state index contributed by atoms with van der Waals surface area (Å²) in [5.74, 6) is 0.833. The lowest BCUT2D eigenvalue weighted by atomic mass is 10.0. The van der Waals surface area contributed by atoms with Gasteiger partial charge in [0.25, 0.3) is 0 Å². The van der Waals surface area contributed by atoms with Crippen molar-refractivity contribution in [1.29, 1.82) is 0 Å². The molecule has 0 bridgehead atoms. The molecular formula is C28H36N8O3. The molecule has 1 unspecified atom stereocenters. The summed E-state index contributed by atoms with van der Waals surface area (Å²) in [7, 11) is 0. The Morgan fingerprint density at radius 2 is 1.90 bits per heavy atom. The largest absolute Gasteiger partial charge is 0.444 e. The van der Waals surface area contributed by atoms with Crippen LogP contribution in [0.4, 0.5) is 16.6 Å². The molecule has 4 N–H and O–H groups in total. The number of amides is 1. The second kappa shape index (κ2) is 12.5. The monoisotopic (exact) mass is 532 g/mol. The first-order valence-corrected chi connectivity index (χ1v) is 13.1. The van der Waals surface area contributed by atoms with Gasteiger partial charge in [0.2, 0.25) is 5.95 Å². The summed E-state index contributed by atoms with van der Waals surface area (Å²) in [6, 6.07) is 15.6. The van der Waals surface area contributed by atoms with E-state index in [1.165, 1.54) is 0 Å². The second-order valence-electron chi connectivity index (χ2n) is 10.1. The minimum absolute atomic E-state index is 0.108. The molecule has 0 aliphatic rings. The summed E-state index contributed by atoms with van der Waals surface area (Å²) in [6.45, 7) is 8.84. The van der Waals surface area contributed by atoms with Crippen molar-refractivity contribution >= 4 is 28.9 Å². The first-order chi connectivity index (χ1) is 18.7. The zero-order valence-corrected chi connectivity index (χ0v) is 22.8. The standard InChI is InChI=1S/C28H36N8O3/c1-5-16-38-18-36-25-20(17-31-26(29)34-25)24(35-36)22-12-9-13-23(33-22)32-21(19-10-7-6-8-11-19)14-15-30-27(37)39-28(2,3)4/h6-13,17,21H,5,14-16,18H2,1-4H3,(H,30,37)(H,32,33)(H2,29,31,34). The number of alkyl carbamates (subject to hydrolysis) is 1. The Morgan fingerprint density at radius 3 is 2.64 bits per heavy atom. The SMILES string of the molecule is CCCOCn1nc(-c2cccc(NC(CCNC(=O)OC(C)(C)C)c3ccccc3)n2)c2cnc(N)nc21. The molecule has 206 valence electrons. The van der Waals surface area contributed by atoms with Gasteiger partial charge in [-0.3, -0.25) is 0 Å². The maximum Gasteiger partial charge on any atom is 0.407 e. The molecule has 0 aliphatic heterocycles. The number of carbonyl (C=O) groups is 1. The molecule has 1 atom stereocenters. The Hall–Kier alpha value is -4.25. The van der Waals surface area contributed by atoms with Gasteiger partial charge in [-0.1, -0.05) is 43.3 Å². The van der Waals surface area contributed by atoms with Crippen molar-refractivity contribution in [2.45, 2.75) is 58.9 Å². The third-order valence-corrected chi connectivity index (χ3v) is 5.69. The van der Waals surface area contributed by atoms with E-state index >= 15 is 0 Å². The number of nitrogens with one attached hydrogen (secondary N) is 2. The van der Waals surface area contributed by atoms with Crippen LogP contribution in [-0.2, 0) is 16.2 Å². The van der Waals surface area contributed by atoms with Crippen molar-refractivity contribution in [2.24, 2.45) is 0 Å². The Kier molecular flexibility index (Phi) is 8.92. The molecule has 39 heavy (non-hydrogen) atoms. The van der Waals surface area contributed by atoms with Crippen molar-refractivity contribution in [1.82, 2.24) is 30.0 Å². The van der Waals surface area contributed by atoms with Crippen molar-refractivity contribution in [3.05, 3.63) is 60.3 Å². The highest BCUT2D eigenvalue weighted by Gasteiger charge is 2.19. The van der Waals surface area contributed by atoms with Crippen LogP contribution < -0.4 is 16.4 Å². The minimum Gasteiger partial charge on any atom is -0.444 e. The van der Waals surface area contributed by atoms with Gasteiger partial charge < -0.3 is 25.8 Å². The first kappa shape index (κ1) is 27.8. The van der Waals surface area contributed by atoms with E-state index in [2.05, 4.69) is 20.6 Å². The van der Waals surface area contributed by atoms with E-state index in [1.807, 2.05) is 76.2 Å². The molecule has 0 fully saturated rings. The van der Waals surface area contributed by atoms with Crippen LogP contribution in [0.2, 0.25) is 0 Å². The van der Waals surface area contributed by atoms with E-state index in [0.29, 0.717) is 42.4 Å². The number of hydrogen-bond acceptors (Lipinski definition) is 9. The van der Waals surface area contributed by atoms with Crippen LogP contribution in [0.1, 0.15) is 52.1 Å². The first-order valence-electron chi connectivity index (χ1n) is 13.1. The molecule has 4 rings (SSSR count). The summed E-state index contributed by atoms with van der Waals surface area (Å²) in [6.07, 6.45) is 2.73. The second-order valence-corrected chi connectivity index (χ2v) is 10.1. The number of rotatable bonds is 11. The number of anilines is 2. The van der Waals surface area contributed by atoms with E-state index in [9.17, 15) is 4.79 Å². The maximum atomic E-state index is 12.1. The normalized spacial score (nSPS) is 12.3. The van der Waals surface area contributed by atoms with Crippen LogP contribution in [0.3, 0.4) is 0 Å². The number of ether oxygens (including phenoxy) is 2. The Bertz CT molecular complexity index is 1380. The van der Waals surface area contributed by atoms with Gasteiger partial charge in [-0.25, -0.2) is 19.4 Å². The van der Waals surface area contributed by atoms with Gasteiger partial charge in [0.05, 0.1) is 17.1 Å². The molecular weight excluding hydrogens is 496 g/mol. The highest BCUT2D eigenvalue weighted by atomic mass is 16.6. The van der Waals surface area contributed by atoms with Crippen LogP contribution in [0.25, 0.3) is 22.4 Å². The van der Waals surface area contributed by atoms with Crippen molar-refractivity contribution < 1.29 is 14.3 Å². The lowest BCUT2D eigenvalue weighted by Crippen LogP contribution is -2.33. The predicted molar refractivity (Wildman–Crippen MR) is 151 cm³/mol. The summed E-state index contributed by atoms with van der Waals surface area (Å²) >= 11 is 0. The minimum atomic E-state index is -0.554. The highest BCUT2D eigenvalue weighted by Crippen LogP contribution is 2.28. The average molecular weight is 533 g/mol. The molecule has 0 saturated carbocycles. The molecule has 0 radical (unpaired) electrons. The van der Waals surface area contributed by atoms with Crippen LogP contribution in [0.5, 0.6) is 0 Å². The Labute approximate surface area is 228 Å². The lowest BCUT2D eigenvalue weighted by Gasteiger charge is -2.22. The molecule has 0 saturated heterocycles. The molecule has 0 spiro atoms. The maximum absolute atomic E-state index is 12.1. The van der Waals surface area contributed by atoms with E-state index in [1.54, 1.807) is 10.9 Å². The molecule has 11 heteroatoms. The number of nitrogens with two attached hydrogens (primary N) is 1. The number of pyridine rings is 1.